The number of nitrogens with zero attached hydrogens (tertiary/aromatic N) is 5. The summed E-state index contributed by atoms with van der Waals surface area (Å²) in [4.78, 5) is 30.0. The number of fused-ring (bicyclic) bond motifs is 3. The van der Waals surface area contributed by atoms with E-state index in [2.05, 4.69) is 10.1 Å². The molecule has 0 saturated carbocycles. The van der Waals surface area contributed by atoms with Gasteiger partial charge in [0.15, 0.2) is 0 Å². The van der Waals surface area contributed by atoms with Gasteiger partial charge in [-0.1, -0.05) is 36.8 Å². The van der Waals surface area contributed by atoms with Crippen LogP contribution < -0.4 is 21.9 Å². The maximum absolute atomic E-state index is 12.8. The van der Waals surface area contributed by atoms with Gasteiger partial charge in [0.25, 0.3) is 5.56 Å². The van der Waals surface area contributed by atoms with Gasteiger partial charge >= 0.3 is 5.69 Å². The Balaban J connectivity index is 1.79. The number of nitrogens with two attached hydrogens (primary N) is 1. The fraction of sp³-hybridized carbons (Fsp3) is 0.400. The third-order valence-corrected chi connectivity index (χ3v) is 6.66. The largest absolute Gasteiger partial charge is 0.383 e. The minimum atomic E-state index is -0.547. The number of aromatic amines is 1. The molecule has 0 bridgehead atoms. The van der Waals surface area contributed by atoms with Gasteiger partial charge in [0.2, 0.25) is 9.73 Å². The number of anilines is 2. The second-order valence-corrected chi connectivity index (χ2v) is 8.74. The minimum Gasteiger partial charge on any atom is -0.383 e. The Morgan fingerprint density at radius 1 is 1.31 bits per heavy atom. The van der Waals surface area contributed by atoms with E-state index >= 15 is 0 Å². The Hall–Kier alpha value is -2.96. The van der Waals surface area contributed by atoms with Crippen molar-refractivity contribution in [2.75, 3.05) is 30.9 Å². The van der Waals surface area contributed by atoms with Crippen LogP contribution in [0.2, 0.25) is 0 Å². The van der Waals surface area contributed by atoms with Crippen molar-refractivity contribution in [3.63, 3.8) is 0 Å². The van der Waals surface area contributed by atoms with E-state index in [0.717, 1.165) is 28.0 Å². The fourth-order valence-electron chi connectivity index (χ4n) is 3.62. The van der Waals surface area contributed by atoms with Gasteiger partial charge in [-0.3, -0.25) is 18.7 Å². The lowest BCUT2D eigenvalue weighted by molar-refractivity contribution is 0.203. The third-order valence-electron chi connectivity index (χ3n) is 5.25. The molecule has 0 atom stereocenters. The zero-order valence-corrected chi connectivity index (χ0v) is 19.5. The number of unbranched alkanes of at least 4 members (excludes halogenated alkanes) is 1. The number of H-pyrrole nitrogens is 1. The second kappa shape index (κ2) is 9.27. The number of hydrogen-bond donors (Lipinski definition) is 2. The molecule has 0 unspecified atom stereocenters. The molecule has 10 nitrogen and oxygen atoms in total. The average Bonchev–Trinajstić information content (AvgIpc) is 3.27. The highest BCUT2D eigenvalue weighted by atomic mass is 32.1. The summed E-state index contributed by atoms with van der Waals surface area (Å²) < 4.78 is 11.8. The molecule has 0 aliphatic rings. The summed E-state index contributed by atoms with van der Waals surface area (Å²) in [7, 11) is 1.58. The summed E-state index contributed by atoms with van der Waals surface area (Å²) >= 11 is 7.24. The van der Waals surface area contributed by atoms with Gasteiger partial charge in [0.1, 0.15) is 18.2 Å². The van der Waals surface area contributed by atoms with E-state index in [4.69, 9.17) is 22.7 Å². The van der Waals surface area contributed by atoms with Crippen LogP contribution in [0.5, 0.6) is 0 Å². The van der Waals surface area contributed by atoms with E-state index in [0.29, 0.717) is 24.5 Å². The summed E-state index contributed by atoms with van der Waals surface area (Å²) in [6.45, 7) is 3.35. The highest BCUT2D eigenvalue weighted by Crippen LogP contribution is 2.26. The van der Waals surface area contributed by atoms with Gasteiger partial charge in [-0.25, -0.2) is 9.48 Å². The Morgan fingerprint density at radius 3 is 2.84 bits per heavy atom. The molecule has 3 heterocycles. The van der Waals surface area contributed by atoms with Crippen LogP contribution in [0, 0.1) is 4.77 Å². The van der Waals surface area contributed by atoms with Crippen molar-refractivity contribution in [2.45, 2.75) is 33.0 Å². The fourth-order valence-corrected chi connectivity index (χ4v) is 4.98. The second-order valence-electron chi connectivity index (χ2n) is 7.37. The molecule has 0 fully saturated rings. The first-order valence-electron chi connectivity index (χ1n) is 10.3. The number of benzene rings is 1. The molecule has 3 N–H and O–H groups in total. The summed E-state index contributed by atoms with van der Waals surface area (Å²) in [5.41, 5.74) is 6.46. The number of aromatic nitrogens is 5. The lowest BCUT2D eigenvalue weighted by atomic mass is 10.3. The lowest BCUT2D eigenvalue weighted by Crippen LogP contribution is -2.40. The molecule has 1 aromatic carbocycles. The van der Waals surface area contributed by atoms with Crippen molar-refractivity contribution in [1.29, 1.82) is 0 Å². The van der Waals surface area contributed by atoms with Crippen molar-refractivity contribution in [2.24, 2.45) is 0 Å². The topological polar surface area (TPSA) is 116 Å². The zero-order valence-electron chi connectivity index (χ0n) is 17.9. The van der Waals surface area contributed by atoms with Crippen molar-refractivity contribution < 1.29 is 4.74 Å². The molecule has 12 heteroatoms. The summed E-state index contributed by atoms with van der Waals surface area (Å²) in [5.74, 6) is 0.126. The van der Waals surface area contributed by atoms with Crippen molar-refractivity contribution in [1.82, 2.24) is 23.7 Å². The number of hydrogen-bond acceptors (Lipinski definition) is 8. The zero-order chi connectivity index (χ0) is 22.8. The standard InChI is InChI=1S/C20H25N7O3S2/c1-3-4-9-25-16(21)15(17(28)22-18(25)29)24(10-11-30-2)12-26-20(31)27-13-7-5-6-8-14(13)32-19(27)23-26/h5-8H,3-4,9-12,21H2,1-2H3,(H,22,28,29). The van der Waals surface area contributed by atoms with Crippen molar-refractivity contribution in [3.8, 4) is 0 Å². The summed E-state index contributed by atoms with van der Waals surface area (Å²) in [6.07, 6.45) is 1.66. The molecule has 170 valence electrons. The van der Waals surface area contributed by atoms with E-state index in [1.54, 1.807) is 28.0 Å². The van der Waals surface area contributed by atoms with Crippen LogP contribution in [-0.2, 0) is 18.0 Å². The Kier molecular flexibility index (Phi) is 6.44. The molecular weight excluding hydrogens is 450 g/mol. The number of rotatable bonds is 9. The molecule has 4 aromatic rings. The van der Waals surface area contributed by atoms with E-state index in [1.807, 2.05) is 35.6 Å². The SMILES string of the molecule is CCCCn1c(N)c(N(CCOC)Cn2nc3sc4ccccc4n3c2=S)c(=O)[nH]c1=O. The van der Waals surface area contributed by atoms with Gasteiger partial charge in [-0.2, -0.15) is 0 Å². The molecule has 0 amide bonds. The number of methoxy groups -OCH3 is 1. The number of nitrogen functional groups attached to an aromatic ring is 1. The molecular formula is C20H25N7O3S2. The first-order chi connectivity index (χ1) is 15.5. The summed E-state index contributed by atoms with van der Waals surface area (Å²) in [6, 6.07) is 7.96. The average molecular weight is 476 g/mol. The first-order valence-corrected chi connectivity index (χ1v) is 11.5. The molecule has 4 rings (SSSR count). The molecule has 0 spiro atoms. The van der Waals surface area contributed by atoms with Gasteiger partial charge < -0.3 is 15.4 Å². The molecule has 0 aliphatic carbocycles. The maximum atomic E-state index is 12.8. The van der Waals surface area contributed by atoms with E-state index in [9.17, 15) is 9.59 Å². The quantitative estimate of drug-likeness (QED) is 0.357. The Morgan fingerprint density at radius 2 is 2.09 bits per heavy atom. The number of nitrogens with one attached hydrogen (secondary N) is 1. The van der Waals surface area contributed by atoms with Crippen LogP contribution in [0.3, 0.4) is 0 Å². The van der Waals surface area contributed by atoms with Crippen LogP contribution in [0.15, 0.2) is 33.9 Å². The highest BCUT2D eigenvalue weighted by molar-refractivity contribution is 7.71. The smallest absolute Gasteiger partial charge is 0.330 e. The van der Waals surface area contributed by atoms with Crippen molar-refractivity contribution in [3.05, 3.63) is 49.9 Å². The van der Waals surface area contributed by atoms with Gasteiger partial charge in [0, 0.05) is 20.2 Å². The van der Waals surface area contributed by atoms with Crippen LogP contribution >= 0.6 is 23.6 Å². The Bertz CT molecular complexity index is 1430. The summed E-state index contributed by atoms with van der Waals surface area (Å²) in [5, 5.41) is 4.66. The molecule has 3 aromatic heterocycles. The van der Waals surface area contributed by atoms with E-state index in [1.165, 1.54) is 4.57 Å². The van der Waals surface area contributed by atoms with Crippen LogP contribution in [0.25, 0.3) is 15.2 Å². The van der Waals surface area contributed by atoms with Gasteiger partial charge in [-0.05, 0) is 30.8 Å². The van der Waals surface area contributed by atoms with Gasteiger partial charge in [0.05, 0.1) is 16.8 Å². The number of ether oxygens (including phenoxy) is 1. The maximum Gasteiger partial charge on any atom is 0.330 e. The molecule has 0 radical (unpaired) electrons. The monoisotopic (exact) mass is 475 g/mol. The molecule has 32 heavy (non-hydrogen) atoms. The van der Waals surface area contributed by atoms with Gasteiger partial charge in [-0.15, -0.1) is 5.10 Å². The first kappa shape index (κ1) is 22.2. The van der Waals surface area contributed by atoms with Crippen LogP contribution in [0.1, 0.15) is 19.8 Å². The predicted octanol–water partition coefficient (Wildman–Crippen LogP) is 2.42. The van der Waals surface area contributed by atoms with Crippen LogP contribution in [0.4, 0.5) is 11.5 Å². The highest BCUT2D eigenvalue weighted by Gasteiger charge is 2.21. The van der Waals surface area contributed by atoms with E-state index < -0.39 is 11.2 Å². The Labute approximate surface area is 192 Å². The molecule has 0 saturated heterocycles. The predicted molar refractivity (Wildman–Crippen MR) is 129 cm³/mol. The van der Waals surface area contributed by atoms with E-state index in [-0.39, 0.29) is 18.2 Å². The number of para-hydroxylation sites is 1. The number of thiazole rings is 1. The van der Waals surface area contributed by atoms with Crippen molar-refractivity contribution >= 4 is 50.2 Å². The third kappa shape index (κ3) is 3.96. The minimum absolute atomic E-state index is 0.126. The van der Waals surface area contributed by atoms with Crippen LogP contribution in [-0.4, -0.2) is 44.0 Å². The normalized spacial score (nSPS) is 11.6. The molecule has 0 aliphatic heterocycles. The lowest BCUT2D eigenvalue weighted by Gasteiger charge is -2.25.